The summed E-state index contributed by atoms with van der Waals surface area (Å²) in [5.74, 6) is 0.974. The molecule has 3 aromatic rings. The Morgan fingerprint density at radius 2 is 1.43 bits per heavy atom. The van der Waals surface area contributed by atoms with Gasteiger partial charge in [-0.3, -0.25) is 14.5 Å². The van der Waals surface area contributed by atoms with Crippen LogP contribution >= 0.6 is 12.4 Å². The number of urea groups is 1. The predicted octanol–water partition coefficient (Wildman–Crippen LogP) is 6.72. The largest absolute Gasteiger partial charge is 0.494 e. The number of amides is 4. The third-order valence-electron chi connectivity index (χ3n) is 7.31. The van der Waals surface area contributed by atoms with E-state index < -0.39 is 5.91 Å². The maximum absolute atomic E-state index is 13.6. The monoisotopic (exact) mass is 620 g/mol. The van der Waals surface area contributed by atoms with Crippen LogP contribution in [0.15, 0.2) is 78.5 Å². The summed E-state index contributed by atoms with van der Waals surface area (Å²) in [6, 6.07) is 20.5. The number of rotatable bonds is 15. The van der Waals surface area contributed by atoms with E-state index in [0.29, 0.717) is 47.3 Å². The summed E-state index contributed by atoms with van der Waals surface area (Å²) < 4.78 is 11.7. The zero-order valence-electron chi connectivity index (χ0n) is 25.5. The van der Waals surface area contributed by atoms with Crippen LogP contribution in [0.3, 0.4) is 0 Å². The van der Waals surface area contributed by atoms with Crippen molar-refractivity contribution >= 4 is 42.0 Å². The maximum atomic E-state index is 13.6. The lowest BCUT2D eigenvalue weighted by Gasteiger charge is -2.18. The molecule has 0 radical (unpaired) electrons. The standard InChI is InChI=1S/C34H40N4O5.ClH/c1-4-7-22-37-31(24-25-9-15-29(16-10-25)43-30-17-11-26(12-18-30)32(35)39)33(40)38(34(37)41)27-13-19-28(20-14-27)42-23-8-21-36(5-2)6-3;/h9-20,24H,4-8,21-23H2,1-3H3,(H2,35,39);1H. The Morgan fingerprint density at radius 3 is 2.00 bits per heavy atom. The number of benzene rings is 3. The van der Waals surface area contributed by atoms with Gasteiger partial charge in [-0.15, -0.1) is 12.4 Å². The van der Waals surface area contributed by atoms with Gasteiger partial charge in [-0.25, -0.2) is 9.69 Å². The summed E-state index contributed by atoms with van der Waals surface area (Å²) in [5, 5.41) is 0. The summed E-state index contributed by atoms with van der Waals surface area (Å²) in [7, 11) is 0. The first kappa shape index (κ1) is 34.2. The van der Waals surface area contributed by atoms with Gasteiger partial charge in [-0.2, -0.15) is 0 Å². The predicted molar refractivity (Wildman–Crippen MR) is 176 cm³/mol. The zero-order valence-corrected chi connectivity index (χ0v) is 26.3. The van der Waals surface area contributed by atoms with Crippen molar-refractivity contribution in [3.8, 4) is 17.2 Å². The molecule has 0 bridgehead atoms. The SMILES string of the molecule is CCCCN1C(=O)N(c2ccc(OCCCN(CC)CC)cc2)C(=O)C1=Cc1ccc(Oc2ccc(C(N)=O)cc2)cc1.Cl. The van der Waals surface area contributed by atoms with Crippen LogP contribution in [0, 0.1) is 0 Å². The first-order chi connectivity index (χ1) is 20.8. The number of halogens is 1. The van der Waals surface area contributed by atoms with Gasteiger partial charge in [0.1, 0.15) is 22.9 Å². The van der Waals surface area contributed by atoms with Crippen molar-refractivity contribution in [3.63, 3.8) is 0 Å². The van der Waals surface area contributed by atoms with Crippen LogP contribution < -0.4 is 20.1 Å². The lowest BCUT2D eigenvalue weighted by molar-refractivity contribution is -0.114. The minimum absolute atomic E-state index is 0. The molecule has 1 aliphatic rings. The van der Waals surface area contributed by atoms with Gasteiger partial charge in [0.2, 0.25) is 5.91 Å². The van der Waals surface area contributed by atoms with Crippen molar-refractivity contribution in [2.24, 2.45) is 5.73 Å². The number of primary amides is 1. The Labute approximate surface area is 265 Å². The minimum Gasteiger partial charge on any atom is -0.494 e. The van der Waals surface area contributed by atoms with Gasteiger partial charge in [0.15, 0.2) is 0 Å². The number of nitrogens with two attached hydrogens (primary N) is 1. The van der Waals surface area contributed by atoms with Crippen molar-refractivity contribution in [1.29, 1.82) is 0 Å². The fourth-order valence-corrected chi connectivity index (χ4v) is 4.76. The Balaban J connectivity index is 0.00000529. The highest BCUT2D eigenvalue weighted by atomic mass is 35.5. The van der Waals surface area contributed by atoms with Crippen LogP contribution in [-0.2, 0) is 4.79 Å². The van der Waals surface area contributed by atoms with E-state index in [9.17, 15) is 14.4 Å². The van der Waals surface area contributed by atoms with Crippen LogP contribution in [0.25, 0.3) is 6.08 Å². The van der Waals surface area contributed by atoms with Crippen LogP contribution in [0.1, 0.15) is 56.0 Å². The molecular formula is C34H41ClN4O5. The number of hydrogen-bond donors (Lipinski definition) is 1. The Hall–Kier alpha value is -4.34. The second-order valence-electron chi connectivity index (χ2n) is 10.2. The number of ether oxygens (including phenoxy) is 2. The number of unbranched alkanes of at least 4 members (excludes halogenated alkanes) is 1. The van der Waals surface area contributed by atoms with Crippen LogP contribution in [0.5, 0.6) is 17.2 Å². The molecule has 44 heavy (non-hydrogen) atoms. The van der Waals surface area contributed by atoms with E-state index in [1.54, 1.807) is 71.6 Å². The normalized spacial score (nSPS) is 13.9. The van der Waals surface area contributed by atoms with Gasteiger partial charge in [0.05, 0.1) is 12.3 Å². The molecule has 0 atom stereocenters. The zero-order chi connectivity index (χ0) is 30.8. The summed E-state index contributed by atoms with van der Waals surface area (Å²) >= 11 is 0. The molecular weight excluding hydrogens is 580 g/mol. The van der Waals surface area contributed by atoms with Gasteiger partial charge in [0.25, 0.3) is 5.91 Å². The smallest absolute Gasteiger partial charge is 0.336 e. The third-order valence-corrected chi connectivity index (χ3v) is 7.31. The third kappa shape index (κ3) is 8.61. The van der Waals surface area contributed by atoms with Gasteiger partial charge in [0, 0.05) is 18.7 Å². The average molecular weight is 621 g/mol. The molecule has 234 valence electrons. The molecule has 0 aromatic heterocycles. The summed E-state index contributed by atoms with van der Waals surface area (Å²) in [6.45, 7) is 10.4. The number of carbonyl (C=O) groups is 3. The van der Waals surface area contributed by atoms with E-state index in [1.807, 2.05) is 19.1 Å². The van der Waals surface area contributed by atoms with Crippen molar-refractivity contribution in [2.75, 3.05) is 37.7 Å². The number of anilines is 1. The van der Waals surface area contributed by atoms with E-state index in [0.717, 1.165) is 44.5 Å². The molecule has 0 unspecified atom stereocenters. The molecule has 1 aliphatic heterocycles. The van der Waals surface area contributed by atoms with Gasteiger partial charge >= 0.3 is 6.03 Å². The molecule has 3 aromatic carbocycles. The average Bonchev–Trinajstić information content (AvgIpc) is 3.25. The van der Waals surface area contributed by atoms with E-state index in [2.05, 4.69) is 18.7 Å². The van der Waals surface area contributed by atoms with Crippen molar-refractivity contribution in [3.05, 3.63) is 89.6 Å². The Kier molecular flexibility index (Phi) is 12.8. The maximum Gasteiger partial charge on any atom is 0.336 e. The minimum atomic E-state index is -0.502. The van der Waals surface area contributed by atoms with Crippen molar-refractivity contribution in [1.82, 2.24) is 9.80 Å². The second-order valence-corrected chi connectivity index (χ2v) is 10.2. The highest BCUT2D eigenvalue weighted by molar-refractivity contribution is 6.28. The lowest BCUT2D eigenvalue weighted by atomic mass is 10.1. The van der Waals surface area contributed by atoms with Crippen LogP contribution in [0.2, 0.25) is 0 Å². The molecule has 1 fully saturated rings. The fraction of sp³-hybridized carbons (Fsp3) is 0.324. The number of nitrogens with zero attached hydrogens (tertiary/aromatic N) is 3. The molecule has 0 aliphatic carbocycles. The quantitative estimate of drug-likeness (QED) is 0.115. The first-order valence-electron chi connectivity index (χ1n) is 14.8. The topological polar surface area (TPSA) is 105 Å². The Morgan fingerprint density at radius 1 is 0.841 bits per heavy atom. The molecule has 0 saturated carbocycles. The van der Waals surface area contributed by atoms with Gasteiger partial charge < -0.3 is 20.1 Å². The van der Waals surface area contributed by atoms with Gasteiger partial charge in [-0.05, 0) is 98.2 Å². The van der Waals surface area contributed by atoms with E-state index in [1.165, 1.54) is 4.90 Å². The number of hydrogen-bond acceptors (Lipinski definition) is 6. The molecule has 1 heterocycles. The highest BCUT2D eigenvalue weighted by Gasteiger charge is 2.41. The van der Waals surface area contributed by atoms with E-state index >= 15 is 0 Å². The van der Waals surface area contributed by atoms with Gasteiger partial charge in [-0.1, -0.05) is 39.3 Å². The van der Waals surface area contributed by atoms with Crippen molar-refractivity contribution < 1.29 is 23.9 Å². The first-order valence-corrected chi connectivity index (χ1v) is 14.8. The molecule has 10 heteroatoms. The molecule has 0 spiro atoms. The second kappa shape index (κ2) is 16.5. The lowest BCUT2D eigenvalue weighted by Crippen LogP contribution is -2.33. The summed E-state index contributed by atoms with van der Waals surface area (Å²) in [4.78, 5) is 43.5. The molecule has 2 N–H and O–H groups in total. The summed E-state index contributed by atoms with van der Waals surface area (Å²) in [5.41, 5.74) is 7.28. The van der Waals surface area contributed by atoms with Crippen molar-refractivity contribution in [2.45, 2.75) is 40.0 Å². The van der Waals surface area contributed by atoms with Crippen LogP contribution in [0.4, 0.5) is 10.5 Å². The molecule has 1 saturated heterocycles. The molecule has 4 rings (SSSR count). The fourth-order valence-electron chi connectivity index (χ4n) is 4.76. The summed E-state index contributed by atoms with van der Waals surface area (Å²) in [6.07, 6.45) is 4.31. The molecule has 4 amide bonds. The number of imide groups is 1. The Bertz CT molecular complexity index is 1420. The van der Waals surface area contributed by atoms with Crippen LogP contribution in [-0.4, -0.2) is 60.4 Å². The van der Waals surface area contributed by atoms with E-state index in [-0.39, 0.29) is 24.3 Å². The molecule has 9 nitrogen and oxygen atoms in total. The number of carbonyl (C=O) groups excluding carboxylic acids is 3. The highest BCUT2D eigenvalue weighted by Crippen LogP contribution is 2.31. The van der Waals surface area contributed by atoms with E-state index in [4.69, 9.17) is 15.2 Å².